The zero-order valence-electron chi connectivity index (χ0n) is 16.5. The van der Waals surface area contributed by atoms with E-state index >= 15 is 0 Å². The number of anilines is 1. The molecule has 0 unspecified atom stereocenters. The normalized spacial score (nSPS) is 10.6. The molecule has 30 heavy (non-hydrogen) atoms. The van der Waals surface area contributed by atoms with Crippen LogP contribution in [0.2, 0.25) is 0 Å². The van der Waals surface area contributed by atoms with Crippen molar-refractivity contribution in [3.05, 3.63) is 83.1 Å². The molecule has 0 saturated heterocycles. The second kappa shape index (κ2) is 8.84. The van der Waals surface area contributed by atoms with Gasteiger partial charge >= 0.3 is 0 Å². The van der Waals surface area contributed by atoms with Gasteiger partial charge in [0.25, 0.3) is 5.91 Å². The summed E-state index contributed by atoms with van der Waals surface area (Å²) in [6.07, 6.45) is 1.48. The summed E-state index contributed by atoms with van der Waals surface area (Å²) in [5, 5.41) is 3.34. The standard InChI is InChI=1S/C23H20N2O4S/c1-15-20(16-8-10-18(27-2)11-9-16)24-23(30-15)25-22(26)21-17(12-13-28-21)14-29-19-6-4-3-5-7-19/h3-13H,14H2,1-2H3,(H,24,25,26). The van der Waals surface area contributed by atoms with Crippen molar-refractivity contribution in [3.8, 4) is 22.8 Å². The number of aryl methyl sites for hydroxylation is 1. The number of amides is 1. The van der Waals surface area contributed by atoms with Crippen LogP contribution in [0.25, 0.3) is 11.3 Å². The Kier molecular flexibility index (Phi) is 5.81. The summed E-state index contributed by atoms with van der Waals surface area (Å²) in [5.74, 6) is 1.36. The highest BCUT2D eigenvalue weighted by molar-refractivity contribution is 7.16. The molecule has 2 aromatic carbocycles. The Labute approximate surface area is 178 Å². The fourth-order valence-corrected chi connectivity index (χ4v) is 3.78. The topological polar surface area (TPSA) is 73.6 Å². The summed E-state index contributed by atoms with van der Waals surface area (Å²) in [6, 6.07) is 18.8. The maximum Gasteiger partial charge on any atom is 0.293 e. The van der Waals surface area contributed by atoms with E-state index in [2.05, 4.69) is 10.3 Å². The fraction of sp³-hybridized carbons (Fsp3) is 0.130. The number of furan rings is 1. The molecule has 0 aliphatic rings. The van der Waals surface area contributed by atoms with Gasteiger partial charge in [-0.2, -0.15) is 0 Å². The number of hydrogen-bond donors (Lipinski definition) is 1. The number of hydrogen-bond acceptors (Lipinski definition) is 6. The number of ether oxygens (including phenoxy) is 2. The first kappa shape index (κ1) is 19.7. The molecular formula is C23H20N2O4S. The number of benzene rings is 2. The maximum atomic E-state index is 12.7. The van der Waals surface area contributed by atoms with Gasteiger partial charge in [0, 0.05) is 16.0 Å². The Bertz CT molecular complexity index is 1130. The molecule has 2 aromatic heterocycles. The highest BCUT2D eigenvalue weighted by Gasteiger charge is 2.19. The Balaban J connectivity index is 1.46. The second-order valence-corrected chi connectivity index (χ2v) is 7.69. The molecule has 0 aliphatic heterocycles. The lowest BCUT2D eigenvalue weighted by molar-refractivity contribution is 0.0993. The average Bonchev–Trinajstić information content (AvgIpc) is 3.39. The van der Waals surface area contributed by atoms with Crippen LogP contribution >= 0.6 is 11.3 Å². The van der Waals surface area contributed by atoms with Crippen LogP contribution in [0.15, 0.2) is 71.3 Å². The SMILES string of the molecule is COc1ccc(-c2nc(NC(=O)c3occc3COc3ccccc3)sc2C)cc1. The molecule has 2 heterocycles. The monoisotopic (exact) mass is 420 g/mol. The molecule has 0 aliphatic carbocycles. The van der Waals surface area contributed by atoms with Crippen LogP contribution < -0.4 is 14.8 Å². The molecule has 0 fully saturated rings. The van der Waals surface area contributed by atoms with Gasteiger partial charge in [-0.05, 0) is 49.4 Å². The summed E-state index contributed by atoms with van der Waals surface area (Å²) in [4.78, 5) is 18.3. The molecule has 0 radical (unpaired) electrons. The molecule has 152 valence electrons. The average molecular weight is 420 g/mol. The number of carbonyl (C=O) groups is 1. The zero-order chi connectivity index (χ0) is 20.9. The largest absolute Gasteiger partial charge is 0.497 e. The first-order chi connectivity index (χ1) is 14.6. The number of carbonyl (C=O) groups excluding carboxylic acids is 1. The van der Waals surface area contributed by atoms with E-state index in [1.807, 2.05) is 61.5 Å². The number of rotatable bonds is 7. The van der Waals surface area contributed by atoms with Gasteiger partial charge in [0.15, 0.2) is 10.9 Å². The lowest BCUT2D eigenvalue weighted by Gasteiger charge is -2.06. The van der Waals surface area contributed by atoms with E-state index in [1.165, 1.54) is 17.6 Å². The second-order valence-electron chi connectivity index (χ2n) is 6.48. The van der Waals surface area contributed by atoms with E-state index in [4.69, 9.17) is 13.9 Å². The predicted octanol–water partition coefficient (Wildman–Crippen LogP) is 5.55. The maximum absolute atomic E-state index is 12.7. The van der Waals surface area contributed by atoms with Gasteiger partial charge in [0.05, 0.1) is 19.1 Å². The molecule has 0 saturated carbocycles. The van der Waals surface area contributed by atoms with Crippen LogP contribution in [-0.2, 0) is 6.61 Å². The van der Waals surface area contributed by atoms with Gasteiger partial charge in [0.2, 0.25) is 0 Å². The van der Waals surface area contributed by atoms with Crippen molar-refractivity contribution in [1.29, 1.82) is 0 Å². The van der Waals surface area contributed by atoms with Crippen LogP contribution in [0.1, 0.15) is 21.0 Å². The van der Waals surface area contributed by atoms with Crippen molar-refractivity contribution >= 4 is 22.4 Å². The van der Waals surface area contributed by atoms with Gasteiger partial charge in [-0.25, -0.2) is 4.98 Å². The van der Waals surface area contributed by atoms with Crippen LogP contribution in [0.5, 0.6) is 11.5 Å². The Morgan fingerprint density at radius 2 is 1.83 bits per heavy atom. The molecule has 4 rings (SSSR count). The minimum atomic E-state index is -0.360. The van der Waals surface area contributed by atoms with E-state index in [9.17, 15) is 4.79 Å². The lowest BCUT2D eigenvalue weighted by Crippen LogP contribution is -2.13. The molecule has 4 aromatic rings. The Hall–Kier alpha value is -3.58. The lowest BCUT2D eigenvalue weighted by atomic mass is 10.1. The molecule has 0 bridgehead atoms. The van der Waals surface area contributed by atoms with E-state index in [1.54, 1.807) is 13.2 Å². The minimum Gasteiger partial charge on any atom is -0.497 e. The van der Waals surface area contributed by atoms with Crippen molar-refractivity contribution in [2.75, 3.05) is 12.4 Å². The van der Waals surface area contributed by atoms with Crippen molar-refractivity contribution in [1.82, 2.24) is 4.98 Å². The third kappa shape index (κ3) is 4.36. The van der Waals surface area contributed by atoms with Crippen molar-refractivity contribution in [3.63, 3.8) is 0 Å². The Morgan fingerprint density at radius 3 is 2.57 bits per heavy atom. The molecule has 0 spiro atoms. The first-order valence-electron chi connectivity index (χ1n) is 9.31. The highest BCUT2D eigenvalue weighted by atomic mass is 32.1. The summed E-state index contributed by atoms with van der Waals surface area (Å²) in [7, 11) is 1.63. The third-order valence-corrected chi connectivity index (χ3v) is 5.36. The van der Waals surface area contributed by atoms with E-state index in [-0.39, 0.29) is 18.3 Å². The number of para-hydroxylation sites is 1. The van der Waals surface area contributed by atoms with Gasteiger partial charge in [-0.3, -0.25) is 10.1 Å². The van der Waals surface area contributed by atoms with Crippen molar-refractivity contribution in [2.45, 2.75) is 13.5 Å². The van der Waals surface area contributed by atoms with Crippen LogP contribution in [-0.4, -0.2) is 18.0 Å². The number of aromatic nitrogens is 1. The fourth-order valence-electron chi connectivity index (χ4n) is 2.95. The molecule has 6 nitrogen and oxygen atoms in total. The highest BCUT2D eigenvalue weighted by Crippen LogP contribution is 2.31. The Morgan fingerprint density at radius 1 is 1.07 bits per heavy atom. The van der Waals surface area contributed by atoms with Crippen molar-refractivity contribution < 1.29 is 18.7 Å². The van der Waals surface area contributed by atoms with Gasteiger partial charge in [-0.1, -0.05) is 18.2 Å². The molecule has 1 amide bonds. The van der Waals surface area contributed by atoms with E-state index in [0.29, 0.717) is 10.7 Å². The summed E-state index contributed by atoms with van der Waals surface area (Å²) in [5.41, 5.74) is 2.45. The van der Waals surface area contributed by atoms with E-state index < -0.39 is 0 Å². The predicted molar refractivity (Wildman–Crippen MR) is 116 cm³/mol. The van der Waals surface area contributed by atoms with Crippen molar-refractivity contribution in [2.24, 2.45) is 0 Å². The van der Waals surface area contributed by atoms with Gasteiger partial charge < -0.3 is 13.9 Å². The molecule has 1 N–H and O–H groups in total. The van der Waals surface area contributed by atoms with E-state index in [0.717, 1.165) is 27.6 Å². The van der Waals surface area contributed by atoms with Gasteiger partial charge in [0.1, 0.15) is 18.1 Å². The number of thiazole rings is 1. The van der Waals surface area contributed by atoms with Crippen LogP contribution in [0.3, 0.4) is 0 Å². The number of nitrogens with one attached hydrogen (secondary N) is 1. The summed E-state index contributed by atoms with van der Waals surface area (Å²) in [6.45, 7) is 2.20. The number of methoxy groups -OCH3 is 1. The van der Waals surface area contributed by atoms with Crippen LogP contribution in [0.4, 0.5) is 5.13 Å². The molecular weight excluding hydrogens is 400 g/mol. The third-order valence-electron chi connectivity index (χ3n) is 4.47. The quantitative estimate of drug-likeness (QED) is 0.424. The summed E-state index contributed by atoms with van der Waals surface area (Å²) < 4.78 is 16.3. The summed E-state index contributed by atoms with van der Waals surface area (Å²) >= 11 is 1.41. The number of nitrogens with zero attached hydrogens (tertiary/aromatic N) is 1. The molecule has 0 atom stereocenters. The minimum absolute atomic E-state index is 0.213. The smallest absolute Gasteiger partial charge is 0.293 e. The van der Waals surface area contributed by atoms with Crippen LogP contribution in [0, 0.1) is 6.92 Å². The zero-order valence-corrected chi connectivity index (χ0v) is 17.4. The molecule has 7 heteroatoms. The first-order valence-corrected chi connectivity index (χ1v) is 10.1. The van der Waals surface area contributed by atoms with Gasteiger partial charge in [-0.15, -0.1) is 11.3 Å².